The van der Waals surface area contributed by atoms with Crippen molar-refractivity contribution in [3.05, 3.63) is 23.8 Å². The van der Waals surface area contributed by atoms with Crippen LogP contribution in [0.5, 0.6) is 0 Å². The van der Waals surface area contributed by atoms with Crippen molar-refractivity contribution >= 4 is 11.9 Å². The smallest absolute Gasteiger partial charge is 0.334 e. The van der Waals surface area contributed by atoms with E-state index in [-0.39, 0.29) is 5.41 Å². The molecule has 0 radical (unpaired) electrons. The van der Waals surface area contributed by atoms with Crippen molar-refractivity contribution in [2.24, 2.45) is 22.7 Å². The van der Waals surface area contributed by atoms with Crippen LogP contribution in [-0.4, -0.2) is 18.2 Å². The number of cyclic esters (lactones) is 1. The van der Waals surface area contributed by atoms with Gasteiger partial charge in [0, 0.05) is 18.6 Å². The summed E-state index contributed by atoms with van der Waals surface area (Å²) in [5.41, 5.74) is 2.76. The highest BCUT2D eigenvalue weighted by Crippen LogP contribution is 2.61. The summed E-state index contributed by atoms with van der Waals surface area (Å²) in [4.78, 5) is 22.9. The lowest BCUT2D eigenvalue weighted by atomic mass is 9.47. The first-order valence-electron chi connectivity index (χ1n) is 9.89. The lowest BCUT2D eigenvalue weighted by Gasteiger charge is -2.58. The van der Waals surface area contributed by atoms with Gasteiger partial charge in [0.1, 0.15) is 0 Å². The molecule has 4 atom stereocenters. The van der Waals surface area contributed by atoms with Crippen LogP contribution in [0, 0.1) is 22.7 Å². The number of esters is 2. The molecule has 26 heavy (non-hydrogen) atoms. The first kappa shape index (κ1) is 19.2. The molecule has 0 aromatic carbocycles. The van der Waals surface area contributed by atoms with Crippen molar-refractivity contribution in [3.8, 4) is 0 Å². The number of hydrogen-bond acceptors (Lipinski definition) is 4. The molecule has 1 heterocycles. The van der Waals surface area contributed by atoms with Crippen molar-refractivity contribution in [2.75, 3.05) is 0 Å². The fraction of sp³-hybridized carbons (Fsp3) is 0.727. The summed E-state index contributed by atoms with van der Waals surface area (Å²) in [6.45, 7) is 13.0. The molecule has 3 aliphatic rings. The van der Waals surface area contributed by atoms with E-state index in [4.69, 9.17) is 9.47 Å². The minimum Gasteiger partial charge on any atom is -0.421 e. The van der Waals surface area contributed by atoms with Gasteiger partial charge in [-0.15, -0.1) is 0 Å². The Morgan fingerprint density at radius 1 is 1.35 bits per heavy atom. The minimum absolute atomic E-state index is 0.262. The van der Waals surface area contributed by atoms with E-state index in [1.54, 1.807) is 0 Å². The second-order valence-corrected chi connectivity index (χ2v) is 9.29. The summed E-state index contributed by atoms with van der Waals surface area (Å²) in [6.07, 6.45) is 8.42. The molecule has 1 aliphatic heterocycles. The maximum absolute atomic E-state index is 11.6. The van der Waals surface area contributed by atoms with Crippen LogP contribution in [0.2, 0.25) is 0 Å². The van der Waals surface area contributed by atoms with Crippen LogP contribution >= 0.6 is 0 Å². The van der Waals surface area contributed by atoms with Crippen molar-refractivity contribution in [2.45, 2.75) is 78.9 Å². The van der Waals surface area contributed by atoms with E-state index < -0.39 is 18.2 Å². The minimum atomic E-state index is -0.844. The fourth-order valence-electron chi connectivity index (χ4n) is 5.99. The van der Waals surface area contributed by atoms with Crippen molar-refractivity contribution in [1.29, 1.82) is 0 Å². The molecule has 2 saturated carbocycles. The second kappa shape index (κ2) is 6.86. The summed E-state index contributed by atoms with van der Waals surface area (Å²) in [5, 5.41) is 0. The van der Waals surface area contributed by atoms with Gasteiger partial charge < -0.3 is 9.47 Å². The van der Waals surface area contributed by atoms with Gasteiger partial charge in [-0.3, -0.25) is 4.79 Å². The molecule has 0 saturated heterocycles. The van der Waals surface area contributed by atoms with E-state index in [0.717, 1.165) is 18.4 Å². The summed E-state index contributed by atoms with van der Waals surface area (Å²) >= 11 is 0. The lowest BCUT2D eigenvalue weighted by Crippen LogP contribution is -2.49. The highest BCUT2D eigenvalue weighted by Gasteiger charge is 2.52. The molecular weight excluding hydrogens is 328 g/mol. The number of carbonyl (C=O) groups is 2. The molecule has 0 amide bonds. The molecule has 0 aromatic heterocycles. The Kier molecular flexibility index (Phi) is 5.06. The van der Waals surface area contributed by atoms with Gasteiger partial charge in [0.25, 0.3) is 6.29 Å². The van der Waals surface area contributed by atoms with Gasteiger partial charge in [0.2, 0.25) is 0 Å². The molecular formula is C22H32O4. The largest absolute Gasteiger partial charge is 0.421 e. The number of ether oxygens (including phenoxy) is 2. The third-order valence-corrected chi connectivity index (χ3v) is 7.14. The van der Waals surface area contributed by atoms with Gasteiger partial charge >= 0.3 is 11.9 Å². The third-order valence-electron chi connectivity index (χ3n) is 7.14. The number of rotatable bonds is 4. The van der Waals surface area contributed by atoms with Gasteiger partial charge in [-0.1, -0.05) is 39.3 Å². The molecule has 4 heteroatoms. The van der Waals surface area contributed by atoms with E-state index in [1.807, 2.05) is 0 Å². The first-order valence-corrected chi connectivity index (χ1v) is 9.89. The zero-order chi connectivity index (χ0) is 19.1. The van der Waals surface area contributed by atoms with Crippen LogP contribution < -0.4 is 0 Å². The van der Waals surface area contributed by atoms with Gasteiger partial charge in [-0.2, -0.15) is 0 Å². The molecule has 0 spiro atoms. The summed E-state index contributed by atoms with van der Waals surface area (Å²) in [5.74, 6) is 0.296. The standard InChI is InChI=1S/C22H32O4/c1-14-7-10-18-21(3,4)11-6-12-22(18,5)17(14)9-8-16-13-19(24)26-20(16)25-15(2)23/h13,17-18,20H,1,6-12H2,2-5H3/t17-,18-,20+,22+/m0/s1. The van der Waals surface area contributed by atoms with Gasteiger partial charge in [0.15, 0.2) is 0 Å². The first-order chi connectivity index (χ1) is 12.1. The Hall–Kier alpha value is -1.58. The zero-order valence-corrected chi connectivity index (χ0v) is 16.6. The quantitative estimate of drug-likeness (QED) is 0.526. The van der Waals surface area contributed by atoms with Gasteiger partial charge in [0.05, 0.1) is 0 Å². The van der Waals surface area contributed by atoms with E-state index in [2.05, 4.69) is 27.4 Å². The number of hydrogen-bond donors (Lipinski definition) is 0. The molecule has 0 unspecified atom stereocenters. The molecule has 2 fully saturated rings. The SMILES string of the molecule is C=C1CC[C@H]2C(C)(C)CCC[C@]2(C)[C@H]1CCC1=CC(=O)O[C@H]1OC(C)=O. The Morgan fingerprint density at radius 2 is 2.08 bits per heavy atom. The van der Waals surface area contributed by atoms with Crippen LogP contribution in [0.3, 0.4) is 0 Å². The molecule has 4 nitrogen and oxygen atoms in total. The molecule has 0 N–H and O–H groups in total. The molecule has 2 aliphatic carbocycles. The maximum atomic E-state index is 11.6. The monoisotopic (exact) mass is 360 g/mol. The third kappa shape index (κ3) is 3.47. The molecule has 144 valence electrons. The highest BCUT2D eigenvalue weighted by molar-refractivity contribution is 5.86. The number of fused-ring (bicyclic) bond motifs is 1. The Bertz CT molecular complexity index is 645. The topological polar surface area (TPSA) is 52.6 Å². The Balaban J connectivity index is 1.75. The van der Waals surface area contributed by atoms with E-state index in [0.29, 0.717) is 23.7 Å². The van der Waals surface area contributed by atoms with Crippen LogP contribution in [0.15, 0.2) is 23.8 Å². The summed E-state index contributed by atoms with van der Waals surface area (Å²) in [6, 6.07) is 0. The highest BCUT2D eigenvalue weighted by atomic mass is 16.7. The number of allylic oxidation sites excluding steroid dienone is 1. The average molecular weight is 360 g/mol. The lowest BCUT2D eigenvalue weighted by molar-refractivity contribution is -0.172. The Morgan fingerprint density at radius 3 is 2.77 bits per heavy atom. The van der Waals surface area contributed by atoms with Gasteiger partial charge in [-0.25, -0.2) is 4.79 Å². The van der Waals surface area contributed by atoms with E-state index >= 15 is 0 Å². The summed E-state index contributed by atoms with van der Waals surface area (Å²) < 4.78 is 10.3. The fourth-order valence-corrected chi connectivity index (χ4v) is 5.99. The van der Waals surface area contributed by atoms with Crippen LogP contribution in [0.25, 0.3) is 0 Å². The van der Waals surface area contributed by atoms with E-state index in [1.165, 1.54) is 44.3 Å². The molecule has 0 bridgehead atoms. The number of carbonyl (C=O) groups excluding carboxylic acids is 2. The predicted molar refractivity (Wildman–Crippen MR) is 100 cm³/mol. The predicted octanol–water partition coefficient (Wildman–Crippen LogP) is 4.94. The van der Waals surface area contributed by atoms with Crippen molar-refractivity contribution in [3.63, 3.8) is 0 Å². The van der Waals surface area contributed by atoms with E-state index in [9.17, 15) is 9.59 Å². The maximum Gasteiger partial charge on any atom is 0.334 e. The van der Waals surface area contributed by atoms with Crippen LogP contribution in [0.4, 0.5) is 0 Å². The Labute approximate surface area is 157 Å². The van der Waals surface area contributed by atoms with Crippen LogP contribution in [0.1, 0.15) is 72.6 Å². The average Bonchev–Trinajstić information content (AvgIpc) is 2.84. The van der Waals surface area contributed by atoms with Crippen molar-refractivity contribution < 1.29 is 19.1 Å². The molecule has 0 aromatic rings. The molecule has 3 rings (SSSR count). The van der Waals surface area contributed by atoms with Crippen LogP contribution in [-0.2, 0) is 19.1 Å². The van der Waals surface area contributed by atoms with Gasteiger partial charge in [-0.05, 0) is 61.2 Å². The normalized spacial score (nSPS) is 36.2. The van der Waals surface area contributed by atoms with Crippen molar-refractivity contribution in [1.82, 2.24) is 0 Å². The second-order valence-electron chi connectivity index (χ2n) is 9.29. The zero-order valence-electron chi connectivity index (χ0n) is 16.6. The summed E-state index contributed by atoms with van der Waals surface area (Å²) in [7, 11) is 0.